The fraction of sp³-hybridized carbons (Fsp3) is 0.529. The van der Waals surface area contributed by atoms with Crippen LogP contribution < -0.4 is 10.6 Å². The lowest BCUT2D eigenvalue weighted by Gasteiger charge is -2.19. The number of carbonyl (C=O) groups excluding carboxylic acids is 2. The molecule has 1 aromatic rings. The summed E-state index contributed by atoms with van der Waals surface area (Å²) < 4.78 is 0. The monoisotopic (exact) mass is 286 g/mol. The highest BCUT2D eigenvalue weighted by atomic mass is 16.2. The van der Waals surface area contributed by atoms with Gasteiger partial charge in [0.1, 0.15) is 0 Å². The molecule has 2 saturated carbocycles. The average Bonchev–Trinajstić information content (AvgIpc) is 3.37. The predicted octanol–water partition coefficient (Wildman–Crippen LogP) is 1.65. The van der Waals surface area contributed by atoms with Crippen LogP contribution in [-0.2, 0) is 16.0 Å². The fourth-order valence-electron chi connectivity index (χ4n) is 2.45. The normalized spacial score (nSPS) is 18.9. The van der Waals surface area contributed by atoms with E-state index in [0.29, 0.717) is 6.54 Å². The van der Waals surface area contributed by atoms with Crippen LogP contribution in [0.15, 0.2) is 30.3 Å². The van der Waals surface area contributed by atoms with E-state index < -0.39 is 0 Å². The molecule has 21 heavy (non-hydrogen) atoms. The molecule has 0 aliphatic heterocycles. The zero-order valence-electron chi connectivity index (χ0n) is 12.2. The van der Waals surface area contributed by atoms with Gasteiger partial charge in [0.15, 0.2) is 0 Å². The van der Waals surface area contributed by atoms with Gasteiger partial charge in [0.2, 0.25) is 11.8 Å². The smallest absolute Gasteiger partial charge is 0.223 e. The summed E-state index contributed by atoms with van der Waals surface area (Å²) in [6.07, 6.45) is 4.76. The second-order valence-corrected chi connectivity index (χ2v) is 6.19. The van der Waals surface area contributed by atoms with Crippen molar-refractivity contribution in [3.05, 3.63) is 35.9 Å². The largest absolute Gasteiger partial charge is 0.354 e. The Labute approximate surface area is 125 Å². The van der Waals surface area contributed by atoms with E-state index in [0.717, 1.165) is 32.1 Å². The molecule has 2 aliphatic rings. The molecule has 112 valence electrons. The molecule has 1 aromatic carbocycles. The Morgan fingerprint density at radius 3 is 2.24 bits per heavy atom. The van der Waals surface area contributed by atoms with Crippen LogP contribution in [0.1, 0.15) is 31.2 Å². The van der Waals surface area contributed by atoms with E-state index in [4.69, 9.17) is 0 Å². The molecule has 2 amide bonds. The van der Waals surface area contributed by atoms with Gasteiger partial charge in [0.25, 0.3) is 0 Å². The zero-order chi connectivity index (χ0) is 14.7. The standard InChI is InChI=1S/C17H22N2O2/c20-16(13-6-7-13)18-11-15(19-17(21)14-8-9-14)10-12-4-2-1-3-5-12/h1-5,13-15H,6-11H2,(H,18,20)(H,19,21). The molecule has 3 rings (SSSR count). The van der Waals surface area contributed by atoms with Crippen LogP contribution in [0.4, 0.5) is 0 Å². The molecule has 4 heteroatoms. The van der Waals surface area contributed by atoms with Gasteiger partial charge < -0.3 is 10.6 Å². The quantitative estimate of drug-likeness (QED) is 0.801. The minimum absolute atomic E-state index is 0.0248. The van der Waals surface area contributed by atoms with Crippen molar-refractivity contribution in [3.8, 4) is 0 Å². The first kappa shape index (κ1) is 14.1. The number of hydrogen-bond donors (Lipinski definition) is 2. The van der Waals surface area contributed by atoms with Crippen molar-refractivity contribution >= 4 is 11.8 Å². The van der Waals surface area contributed by atoms with Gasteiger partial charge in [-0.1, -0.05) is 30.3 Å². The van der Waals surface area contributed by atoms with Crippen LogP contribution in [0.25, 0.3) is 0 Å². The first-order valence-electron chi connectivity index (χ1n) is 7.84. The number of benzene rings is 1. The van der Waals surface area contributed by atoms with Gasteiger partial charge in [0, 0.05) is 18.4 Å². The van der Waals surface area contributed by atoms with Crippen LogP contribution in [0.3, 0.4) is 0 Å². The number of rotatable bonds is 7. The van der Waals surface area contributed by atoms with Crippen molar-refractivity contribution in [3.63, 3.8) is 0 Å². The average molecular weight is 286 g/mol. The van der Waals surface area contributed by atoms with Crippen LogP contribution in [0.2, 0.25) is 0 Å². The van der Waals surface area contributed by atoms with Crippen molar-refractivity contribution in [1.82, 2.24) is 10.6 Å². The fourth-order valence-corrected chi connectivity index (χ4v) is 2.45. The number of amides is 2. The van der Waals surface area contributed by atoms with E-state index in [1.165, 1.54) is 5.56 Å². The van der Waals surface area contributed by atoms with Gasteiger partial charge in [-0.25, -0.2) is 0 Å². The second-order valence-electron chi connectivity index (χ2n) is 6.19. The van der Waals surface area contributed by atoms with Crippen molar-refractivity contribution in [2.24, 2.45) is 11.8 Å². The highest BCUT2D eigenvalue weighted by Gasteiger charge is 2.32. The Hall–Kier alpha value is -1.84. The molecule has 1 unspecified atom stereocenters. The van der Waals surface area contributed by atoms with Crippen molar-refractivity contribution < 1.29 is 9.59 Å². The minimum atomic E-state index is -0.0248. The summed E-state index contributed by atoms with van der Waals surface area (Å²) >= 11 is 0. The minimum Gasteiger partial charge on any atom is -0.354 e. The van der Waals surface area contributed by atoms with Gasteiger partial charge in [-0.3, -0.25) is 9.59 Å². The number of nitrogens with one attached hydrogen (secondary N) is 2. The molecule has 0 aromatic heterocycles. The summed E-state index contributed by atoms with van der Waals surface area (Å²) in [5, 5.41) is 6.06. The Morgan fingerprint density at radius 2 is 1.62 bits per heavy atom. The maximum atomic E-state index is 12.0. The van der Waals surface area contributed by atoms with Crippen LogP contribution >= 0.6 is 0 Å². The summed E-state index contributed by atoms with van der Waals surface area (Å²) in [6, 6.07) is 10.1. The summed E-state index contributed by atoms with van der Waals surface area (Å²) in [4.78, 5) is 23.7. The molecule has 0 heterocycles. The maximum Gasteiger partial charge on any atom is 0.223 e. The molecule has 0 spiro atoms. The van der Waals surface area contributed by atoms with Gasteiger partial charge in [-0.05, 0) is 37.7 Å². The Bertz CT molecular complexity index is 507. The Balaban J connectivity index is 1.55. The molecule has 0 saturated heterocycles. The second kappa shape index (κ2) is 6.29. The lowest BCUT2D eigenvalue weighted by Crippen LogP contribution is -2.45. The Kier molecular flexibility index (Phi) is 4.23. The highest BCUT2D eigenvalue weighted by Crippen LogP contribution is 2.29. The molecule has 2 N–H and O–H groups in total. The summed E-state index contributed by atoms with van der Waals surface area (Å²) in [5.41, 5.74) is 1.18. The Morgan fingerprint density at radius 1 is 1.00 bits per heavy atom. The number of hydrogen-bond acceptors (Lipinski definition) is 2. The van der Waals surface area contributed by atoms with Gasteiger partial charge in [-0.2, -0.15) is 0 Å². The lowest BCUT2D eigenvalue weighted by atomic mass is 10.1. The van der Waals surface area contributed by atoms with E-state index in [1.54, 1.807) is 0 Å². The predicted molar refractivity (Wildman–Crippen MR) is 80.5 cm³/mol. The third-order valence-corrected chi connectivity index (χ3v) is 4.09. The lowest BCUT2D eigenvalue weighted by molar-refractivity contribution is -0.124. The summed E-state index contributed by atoms with van der Waals surface area (Å²) in [6.45, 7) is 0.517. The SMILES string of the molecule is O=C(NCC(Cc1ccccc1)NC(=O)C1CC1)C1CC1. The van der Waals surface area contributed by atoms with Gasteiger partial charge >= 0.3 is 0 Å². The third kappa shape index (κ3) is 4.31. The first-order valence-corrected chi connectivity index (χ1v) is 7.84. The van der Waals surface area contributed by atoms with E-state index in [1.807, 2.05) is 18.2 Å². The zero-order valence-corrected chi connectivity index (χ0v) is 12.2. The van der Waals surface area contributed by atoms with Crippen LogP contribution in [0, 0.1) is 11.8 Å². The topological polar surface area (TPSA) is 58.2 Å². The summed E-state index contributed by atoms with van der Waals surface area (Å²) in [7, 11) is 0. The van der Waals surface area contributed by atoms with E-state index in [2.05, 4.69) is 22.8 Å². The molecular weight excluding hydrogens is 264 g/mol. The van der Waals surface area contributed by atoms with E-state index >= 15 is 0 Å². The van der Waals surface area contributed by atoms with Gasteiger partial charge in [0.05, 0.1) is 6.04 Å². The van der Waals surface area contributed by atoms with E-state index in [9.17, 15) is 9.59 Å². The molecule has 1 atom stereocenters. The van der Waals surface area contributed by atoms with Crippen molar-refractivity contribution in [2.75, 3.05) is 6.54 Å². The third-order valence-electron chi connectivity index (χ3n) is 4.09. The van der Waals surface area contributed by atoms with Gasteiger partial charge in [-0.15, -0.1) is 0 Å². The molecule has 0 radical (unpaired) electrons. The summed E-state index contributed by atoms with van der Waals surface area (Å²) in [5.74, 6) is 0.675. The number of carbonyl (C=O) groups is 2. The van der Waals surface area contributed by atoms with Crippen LogP contribution in [0.5, 0.6) is 0 Å². The molecule has 2 aliphatic carbocycles. The molecular formula is C17H22N2O2. The molecule has 2 fully saturated rings. The first-order chi connectivity index (χ1) is 10.2. The van der Waals surface area contributed by atoms with Crippen molar-refractivity contribution in [1.29, 1.82) is 0 Å². The van der Waals surface area contributed by atoms with Crippen molar-refractivity contribution in [2.45, 2.75) is 38.1 Å². The maximum absolute atomic E-state index is 12.0. The molecule has 4 nitrogen and oxygen atoms in total. The van der Waals surface area contributed by atoms with Crippen LogP contribution in [-0.4, -0.2) is 24.4 Å². The molecule has 0 bridgehead atoms. The highest BCUT2D eigenvalue weighted by molar-refractivity contribution is 5.82. The van der Waals surface area contributed by atoms with E-state index in [-0.39, 0.29) is 29.7 Å².